The Morgan fingerprint density at radius 1 is 0.765 bits per heavy atom. The first-order chi connectivity index (χ1) is 16.6. The first kappa shape index (κ1) is 22.6. The SMILES string of the molecule is CCc1cc(C2(N3CCN(Cc4ccccc4)CC3)C(=O)c3ccccc3C2=O)cc(CC)n1. The zero-order valence-electron chi connectivity index (χ0n) is 20.0. The lowest BCUT2D eigenvalue weighted by molar-refractivity contribution is 0.0278. The minimum atomic E-state index is -1.31. The van der Waals surface area contributed by atoms with Crippen molar-refractivity contribution in [1.29, 1.82) is 0 Å². The molecule has 2 heterocycles. The van der Waals surface area contributed by atoms with Crippen LogP contribution in [-0.4, -0.2) is 52.5 Å². The van der Waals surface area contributed by atoms with Crippen LogP contribution < -0.4 is 0 Å². The molecule has 0 atom stereocenters. The molecular weight excluding hydrogens is 422 g/mol. The average Bonchev–Trinajstić information content (AvgIpc) is 3.12. The van der Waals surface area contributed by atoms with Gasteiger partial charge in [-0.05, 0) is 36.1 Å². The van der Waals surface area contributed by atoms with Gasteiger partial charge in [-0.3, -0.25) is 24.4 Å². The molecule has 3 aromatic rings. The highest BCUT2D eigenvalue weighted by molar-refractivity contribution is 6.32. The zero-order valence-corrected chi connectivity index (χ0v) is 20.0. The number of rotatable bonds is 6. The van der Waals surface area contributed by atoms with Gasteiger partial charge in [0.05, 0.1) is 0 Å². The second-order valence-electron chi connectivity index (χ2n) is 9.21. The lowest BCUT2D eigenvalue weighted by Crippen LogP contribution is -2.60. The van der Waals surface area contributed by atoms with E-state index in [0.29, 0.717) is 24.2 Å². The summed E-state index contributed by atoms with van der Waals surface area (Å²) >= 11 is 0. The topological polar surface area (TPSA) is 53.5 Å². The fourth-order valence-electron chi connectivity index (χ4n) is 5.41. The number of carbonyl (C=O) groups is 2. The summed E-state index contributed by atoms with van der Waals surface area (Å²) in [5, 5.41) is 0. The fourth-order valence-corrected chi connectivity index (χ4v) is 5.41. The van der Waals surface area contributed by atoms with Gasteiger partial charge in [-0.15, -0.1) is 0 Å². The Balaban J connectivity index is 1.54. The van der Waals surface area contributed by atoms with Gasteiger partial charge in [-0.1, -0.05) is 68.4 Å². The molecule has 1 aliphatic carbocycles. The van der Waals surface area contributed by atoms with E-state index in [2.05, 4.69) is 47.9 Å². The van der Waals surface area contributed by atoms with E-state index in [1.54, 1.807) is 12.1 Å². The van der Waals surface area contributed by atoms with Gasteiger partial charge < -0.3 is 0 Å². The molecule has 34 heavy (non-hydrogen) atoms. The molecule has 1 aliphatic heterocycles. The highest BCUT2D eigenvalue weighted by Gasteiger charge is 2.58. The van der Waals surface area contributed by atoms with Crippen LogP contribution in [0.2, 0.25) is 0 Å². The van der Waals surface area contributed by atoms with E-state index >= 15 is 0 Å². The van der Waals surface area contributed by atoms with Crippen LogP contribution in [0.15, 0.2) is 66.7 Å². The van der Waals surface area contributed by atoms with Crippen molar-refractivity contribution in [2.24, 2.45) is 0 Å². The Kier molecular flexibility index (Phi) is 6.15. The molecule has 0 unspecified atom stereocenters. The van der Waals surface area contributed by atoms with E-state index in [0.717, 1.165) is 49.4 Å². The van der Waals surface area contributed by atoms with Gasteiger partial charge in [0.2, 0.25) is 0 Å². The molecule has 0 N–H and O–H groups in total. The van der Waals surface area contributed by atoms with Crippen LogP contribution in [0.25, 0.3) is 0 Å². The minimum Gasteiger partial charge on any atom is -0.297 e. The van der Waals surface area contributed by atoms with Crippen molar-refractivity contribution in [2.75, 3.05) is 26.2 Å². The van der Waals surface area contributed by atoms with Crippen LogP contribution in [0.3, 0.4) is 0 Å². The van der Waals surface area contributed by atoms with Crippen LogP contribution >= 0.6 is 0 Å². The summed E-state index contributed by atoms with van der Waals surface area (Å²) in [4.78, 5) is 37.5. The van der Waals surface area contributed by atoms with Gasteiger partial charge in [0.15, 0.2) is 17.1 Å². The molecular formula is C29H31N3O2. The smallest absolute Gasteiger partial charge is 0.196 e. The molecule has 1 fully saturated rings. The van der Waals surface area contributed by atoms with Crippen molar-refractivity contribution in [3.05, 3.63) is 100 Å². The molecule has 1 aromatic heterocycles. The van der Waals surface area contributed by atoms with Crippen LogP contribution in [-0.2, 0) is 24.9 Å². The number of carbonyl (C=O) groups excluding carboxylic acids is 2. The van der Waals surface area contributed by atoms with Crippen molar-refractivity contribution in [3.8, 4) is 0 Å². The Labute approximate surface area is 201 Å². The molecule has 0 bridgehead atoms. The minimum absolute atomic E-state index is 0.0973. The molecule has 1 saturated heterocycles. The van der Waals surface area contributed by atoms with Crippen LogP contribution in [0, 0.1) is 0 Å². The maximum absolute atomic E-state index is 14.1. The Bertz CT molecular complexity index is 1160. The lowest BCUT2D eigenvalue weighted by atomic mass is 9.81. The molecule has 0 radical (unpaired) electrons. The lowest BCUT2D eigenvalue weighted by Gasteiger charge is -2.44. The predicted molar refractivity (Wildman–Crippen MR) is 133 cm³/mol. The van der Waals surface area contributed by atoms with Crippen LogP contribution in [0.5, 0.6) is 0 Å². The normalized spacial score (nSPS) is 18.3. The Morgan fingerprint density at radius 2 is 1.29 bits per heavy atom. The predicted octanol–water partition coefficient (Wildman–Crippen LogP) is 4.30. The maximum Gasteiger partial charge on any atom is 0.196 e. The molecule has 174 valence electrons. The van der Waals surface area contributed by atoms with E-state index < -0.39 is 5.54 Å². The van der Waals surface area contributed by atoms with Crippen molar-refractivity contribution < 1.29 is 9.59 Å². The number of piperazine rings is 1. The van der Waals surface area contributed by atoms with Crippen molar-refractivity contribution in [2.45, 2.75) is 38.8 Å². The van der Waals surface area contributed by atoms with Crippen molar-refractivity contribution in [1.82, 2.24) is 14.8 Å². The van der Waals surface area contributed by atoms with Crippen LogP contribution in [0.1, 0.15) is 57.1 Å². The number of aryl methyl sites for hydroxylation is 2. The van der Waals surface area contributed by atoms with Crippen LogP contribution in [0.4, 0.5) is 0 Å². The van der Waals surface area contributed by atoms with E-state index in [1.165, 1.54) is 5.56 Å². The molecule has 2 aromatic carbocycles. The van der Waals surface area contributed by atoms with Crippen molar-refractivity contribution in [3.63, 3.8) is 0 Å². The van der Waals surface area contributed by atoms with Gasteiger partial charge in [-0.25, -0.2) is 0 Å². The molecule has 0 spiro atoms. The van der Waals surface area contributed by atoms with Gasteiger partial charge in [0.1, 0.15) is 0 Å². The summed E-state index contributed by atoms with van der Waals surface area (Å²) in [6.07, 6.45) is 1.52. The molecule has 2 aliphatic rings. The fraction of sp³-hybridized carbons (Fsp3) is 0.345. The quantitative estimate of drug-likeness (QED) is 0.521. The zero-order chi connectivity index (χ0) is 23.7. The summed E-state index contributed by atoms with van der Waals surface area (Å²) in [6, 6.07) is 21.7. The number of hydrogen-bond acceptors (Lipinski definition) is 5. The Morgan fingerprint density at radius 3 is 1.82 bits per heavy atom. The highest BCUT2D eigenvalue weighted by atomic mass is 16.2. The summed E-state index contributed by atoms with van der Waals surface area (Å²) in [6.45, 7) is 7.92. The monoisotopic (exact) mass is 453 g/mol. The summed E-state index contributed by atoms with van der Waals surface area (Å²) in [5.41, 5.74) is 3.67. The van der Waals surface area contributed by atoms with E-state index in [1.807, 2.05) is 30.3 Å². The third-order valence-corrected chi connectivity index (χ3v) is 7.24. The number of ketones is 2. The Hall–Kier alpha value is -3.15. The van der Waals surface area contributed by atoms with E-state index in [-0.39, 0.29) is 11.6 Å². The average molecular weight is 454 g/mol. The third-order valence-electron chi connectivity index (χ3n) is 7.24. The molecule has 5 nitrogen and oxygen atoms in total. The first-order valence-corrected chi connectivity index (χ1v) is 12.3. The van der Waals surface area contributed by atoms with Crippen molar-refractivity contribution >= 4 is 11.6 Å². The number of benzene rings is 2. The third kappa shape index (κ3) is 3.69. The van der Waals surface area contributed by atoms with E-state index in [9.17, 15) is 9.59 Å². The van der Waals surface area contributed by atoms with Gasteiger partial charge in [-0.2, -0.15) is 0 Å². The first-order valence-electron chi connectivity index (χ1n) is 12.3. The number of Topliss-reactive ketones (excluding diaryl/α,β-unsaturated/α-hetero) is 2. The molecule has 5 heteroatoms. The van der Waals surface area contributed by atoms with Gasteiger partial charge in [0, 0.05) is 55.2 Å². The summed E-state index contributed by atoms with van der Waals surface area (Å²) < 4.78 is 0. The largest absolute Gasteiger partial charge is 0.297 e. The van der Waals surface area contributed by atoms with E-state index in [4.69, 9.17) is 4.98 Å². The number of pyridine rings is 1. The second kappa shape index (κ2) is 9.24. The maximum atomic E-state index is 14.1. The molecule has 0 amide bonds. The molecule has 5 rings (SSSR count). The van der Waals surface area contributed by atoms with Gasteiger partial charge >= 0.3 is 0 Å². The second-order valence-corrected chi connectivity index (χ2v) is 9.21. The van der Waals surface area contributed by atoms with Gasteiger partial charge in [0.25, 0.3) is 0 Å². The number of nitrogens with zero attached hydrogens (tertiary/aromatic N) is 3. The number of hydrogen-bond donors (Lipinski definition) is 0. The summed E-state index contributed by atoms with van der Waals surface area (Å²) in [7, 11) is 0. The number of fused-ring (bicyclic) bond motifs is 1. The summed E-state index contributed by atoms with van der Waals surface area (Å²) in [5.74, 6) is -0.195. The molecule has 0 saturated carbocycles. The highest BCUT2D eigenvalue weighted by Crippen LogP contribution is 2.43. The standard InChI is InChI=1S/C29H31N3O2/c1-3-23-18-22(19-24(4-2)30-23)29(27(33)25-12-8-9-13-26(25)28(29)34)32-16-14-31(15-17-32)20-21-10-6-5-7-11-21/h5-13,18-19H,3-4,14-17,20H2,1-2H3. The number of aromatic nitrogens is 1.